The molecule has 0 amide bonds. The first-order valence-corrected chi connectivity index (χ1v) is 8.07. The molecule has 1 aliphatic carbocycles. The molecule has 0 saturated heterocycles. The van der Waals surface area contributed by atoms with Crippen LogP contribution in [0, 0.1) is 11.7 Å². The van der Waals surface area contributed by atoms with E-state index in [1.165, 1.54) is 25.0 Å². The third-order valence-corrected chi connectivity index (χ3v) is 4.23. The number of halogens is 1. The van der Waals surface area contributed by atoms with Crippen molar-refractivity contribution in [1.82, 2.24) is 19.9 Å². The van der Waals surface area contributed by atoms with Crippen molar-refractivity contribution in [1.29, 1.82) is 0 Å². The predicted octanol–water partition coefficient (Wildman–Crippen LogP) is 2.24. The maximum Gasteiger partial charge on any atom is 0.229 e. The number of anilines is 2. The fraction of sp³-hybridized carbons (Fsp3) is 0.471. The maximum atomic E-state index is 13.2. The molecule has 1 unspecified atom stereocenters. The van der Waals surface area contributed by atoms with Crippen LogP contribution in [-0.2, 0) is 6.54 Å². The second-order valence-electron chi connectivity index (χ2n) is 6.55. The average molecular weight is 330 g/mol. The number of nitrogens with zero attached hydrogens (tertiary/aromatic N) is 5. The summed E-state index contributed by atoms with van der Waals surface area (Å²) in [6.07, 6.45) is 2.38. The summed E-state index contributed by atoms with van der Waals surface area (Å²) in [5.41, 5.74) is 6.92. The summed E-state index contributed by atoms with van der Waals surface area (Å²) in [5.74, 6) is 1.80. The van der Waals surface area contributed by atoms with Crippen molar-refractivity contribution in [3.8, 4) is 0 Å². The standard InChI is InChI=1S/C17H23FN6/c1-23(2)17-21-14(20-16(19)22-17)10-24(3)15(11-4-5-11)12-6-8-13(18)9-7-12/h6-9,11,15H,4-5,10H2,1-3H3,(H2,19,20,21,22). The fourth-order valence-electron chi connectivity index (χ4n) is 2.98. The zero-order chi connectivity index (χ0) is 17.3. The van der Waals surface area contributed by atoms with Gasteiger partial charge in [0, 0.05) is 20.1 Å². The van der Waals surface area contributed by atoms with Crippen LogP contribution in [0.2, 0.25) is 0 Å². The number of nitrogens with two attached hydrogens (primary N) is 1. The van der Waals surface area contributed by atoms with Crippen LogP contribution in [0.3, 0.4) is 0 Å². The molecule has 1 fully saturated rings. The summed E-state index contributed by atoms with van der Waals surface area (Å²) >= 11 is 0. The number of rotatable bonds is 6. The van der Waals surface area contributed by atoms with Crippen molar-refractivity contribution in [3.05, 3.63) is 41.5 Å². The van der Waals surface area contributed by atoms with E-state index in [0.717, 1.165) is 5.56 Å². The Hall–Kier alpha value is -2.28. The highest BCUT2D eigenvalue weighted by atomic mass is 19.1. The Labute approximate surface area is 141 Å². The molecule has 7 heteroatoms. The van der Waals surface area contributed by atoms with Gasteiger partial charge in [-0.05, 0) is 43.5 Å². The molecule has 2 aromatic rings. The molecule has 24 heavy (non-hydrogen) atoms. The van der Waals surface area contributed by atoms with Crippen molar-refractivity contribution in [2.75, 3.05) is 31.8 Å². The lowest BCUT2D eigenvalue weighted by atomic mass is 10.0. The second kappa shape index (κ2) is 6.68. The highest BCUT2D eigenvalue weighted by Gasteiger charge is 2.35. The molecule has 0 aliphatic heterocycles. The van der Waals surface area contributed by atoms with Crippen LogP contribution in [0.25, 0.3) is 0 Å². The van der Waals surface area contributed by atoms with E-state index in [2.05, 4.69) is 19.9 Å². The van der Waals surface area contributed by atoms with E-state index in [4.69, 9.17) is 5.73 Å². The molecule has 0 spiro atoms. The van der Waals surface area contributed by atoms with Gasteiger partial charge in [0.05, 0.1) is 6.54 Å². The molecule has 1 atom stereocenters. The van der Waals surface area contributed by atoms with Gasteiger partial charge >= 0.3 is 0 Å². The van der Waals surface area contributed by atoms with Gasteiger partial charge in [-0.3, -0.25) is 4.90 Å². The smallest absolute Gasteiger partial charge is 0.229 e. The van der Waals surface area contributed by atoms with Crippen LogP contribution in [0.15, 0.2) is 24.3 Å². The summed E-state index contributed by atoms with van der Waals surface area (Å²) < 4.78 is 13.2. The van der Waals surface area contributed by atoms with E-state index in [9.17, 15) is 4.39 Å². The summed E-state index contributed by atoms with van der Waals surface area (Å²) in [6.45, 7) is 0.562. The Kier molecular flexibility index (Phi) is 4.62. The lowest BCUT2D eigenvalue weighted by Crippen LogP contribution is -2.27. The Bertz CT molecular complexity index is 699. The molecular formula is C17H23FN6. The van der Waals surface area contributed by atoms with Crippen molar-refractivity contribution >= 4 is 11.9 Å². The van der Waals surface area contributed by atoms with Gasteiger partial charge in [0.1, 0.15) is 11.6 Å². The van der Waals surface area contributed by atoms with Crippen LogP contribution >= 0.6 is 0 Å². The Morgan fingerprint density at radius 2 is 1.79 bits per heavy atom. The van der Waals surface area contributed by atoms with Crippen LogP contribution in [-0.4, -0.2) is 41.0 Å². The maximum absolute atomic E-state index is 13.2. The van der Waals surface area contributed by atoms with E-state index < -0.39 is 0 Å². The number of aromatic nitrogens is 3. The summed E-state index contributed by atoms with van der Waals surface area (Å²) in [6, 6.07) is 6.99. The number of nitrogen functional groups attached to an aromatic ring is 1. The zero-order valence-corrected chi connectivity index (χ0v) is 14.3. The minimum atomic E-state index is -0.211. The van der Waals surface area contributed by atoms with E-state index in [0.29, 0.717) is 24.2 Å². The highest BCUT2D eigenvalue weighted by Crippen LogP contribution is 2.44. The summed E-state index contributed by atoms with van der Waals surface area (Å²) in [5, 5.41) is 0. The number of benzene rings is 1. The van der Waals surface area contributed by atoms with Crippen molar-refractivity contribution in [3.63, 3.8) is 0 Å². The molecule has 3 rings (SSSR count). The van der Waals surface area contributed by atoms with Crippen molar-refractivity contribution in [2.45, 2.75) is 25.4 Å². The average Bonchev–Trinajstić information content (AvgIpc) is 3.33. The Morgan fingerprint density at radius 3 is 2.38 bits per heavy atom. The molecule has 0 radical (unpaired) electrons. The number of hydrogen-bond acceptors (Lipinski definition) is 6. The van der Waals surface area contributed by atoms with Gasteiger partial charge in [0.2, 0.25) is 11.9 Å². The Morgan fingerprint density at radius 1 is 1.12 bits per heavy atom. The van der Waals surface area contributed by atoms with E-state index in [1.54, 1.807) is 4.90 Å². The molecule has 0 bridgehead atoms. The van der Waals surface area contributed by atoms with Crippen molar-refractivity contribution in [2.24, 2.45) is 5.92 Å². The normalized spacial score (nSPS) is 15.5. The minimum Gasteiger partial charge on any atom is -0.368 e. The molecule has 2 N–H and O–H groups in total. The lowest BCUT2D eigenvalue weighted by molar-refractivity contribution is 0.207. The van der Waals surface area contributed by atoms with E-state index in [1.807, 2.05) is 33.3 Å². The molecular weight excluding hydrogens is 307 g/mol. The number of hydrogen-bond donors (Lipinski definition) is 1. The Balaban J connectivity index is 1.81. The lowest BCUT2D eigenvalue weighted by Gasteiger charge is -2.28. The van der Waals surface area contributed by atoms with Gasteiger partial charge < -0.3 is 10.6 Å². The van der Waals surface area contributed by atoms with Gasteiger partial charge in [0.15, 0.2) is 0 Å². The van der Waals surface area contributed by atoms with E-state index in [-0.39, 0.29) is 17.8 Å². The quantitative estimate of drug-likeness (QED) is 0.876. The van der Waals surface area contributed by atoms with Crippen LogP contribution in [0.5, 0.6) is 0 Å². The molecule has 1 heterocycles. The first kappa shape index (κ1) is 16.6. The monoisotopic (exact) mass is 330 g/mol. The van der Waals surface area contributed by atoms with Crippen molar-refractivity contribution < 1.29 is 4.39 Å². The summed E-state index contributed by atoms with van der Waals surface area (Å²) in [4.78, 5) is 16.9. The largest absolute Gasteiger partial charge is 0.368 e. The van der Waals surface area contributed by atoms with Gasteiger partial charge in [-0.1, -0.05) is 12.1 Å². The zero-order valence-electron chi connectivity index (χ0n) is 14.3. The molecule has 6 nitrogen and oxygen atoms in total. The van der Waals surface area contributed by atoms with Crippen LogP contribution in [0.1, 0.15) is 30.3 Å². The molecule has 1 aliphatic rings. The highest BCUT2D eigenvalue weighted by molar-refractivity contribution is 5.32. The topological polar surface area (TPSA) is 71.2 Å². The van der Waals surface area contributed by atoms with Gasteiger partial charge in [-0.15, -0.1) is 0 Å². The fourth-order valence-corrected chi connectivity index (χ4v) is 2.98. The predicted molar refractivity (Wildman–Crippen MR) is 91.9 cm³/mol. The van der Waals surface area contributed by atoms with Crippen LogP contribution < -0.4 is 10.6 Å². The van der Waals surface area contributed by atoms with Gasteiger partial charge in [-0.2, -0.15) is 15.0 Å². The second-order valence-corrected chi connectivity index (χ2v) is 6.55. The first-order valence-electron chi connectivity index (χ1n) is 8.07. The van der Waals surface area contributed by atoms with Crippen LogP contribution in [0.4, 0.5) is 16.3 Å². The van der Waals surface area contributed by atoms with Gasteiger partial charge in [0.25, 0.3) is 0 Å². The van der Waals surface area contributed by atoms with E-state index >= 15 is 0 Å². The third kappa shape index (κ3) is 3.79. The molecule has 128 valence electrons. The summed E-state index contributed by atoms with van der Waals surface area (Å²) in [7, 11) is 5.78. The SMILES string of the molecule is CN(C)c1nc(N)nc(CN(C)C(c2ccc(F)cc2)C2CC2)n1. The molecule has 1 saturated carbocycles. The van der Waals surface area contributed by atoms with Gasteiger partial charge in [-0.25, -0.2) is 4.39 Å². The molecule has 1 aromatic carbocycles. The molecule has 1 aromatic heterocycles. The first-order chi connectivity index (χ1) is 11.4. The minimum absolute atomic E-state index is 0.211. The third-order valence-electron chi connectivity index (χ3n) is 4.23.